The number of hydrogen-bond acceptors (Lipinski definition) is 4. The van der Waals surface area contributed by atoms with Crippen LogP contribution in [0, 0.1) is 0 Å². The lowest BCUT2D eigenvalue weighted by molar-refractivity contribution is 0.326. The minimum absolute atomic E-state index is 0.535. The zero-order chi connectivity index (χ0) is 10.1. The van der Waals surface area contributed by atoms with E-state index in [9.17, 15) is 0 Å². The molecular formula is C11H16N4. The van der Waals surface area contributed by atoms with E-state index < -0.39 is 0 Å². The van der Waals surface area contributed by atoms with Gasteiger partial charge in [-0.05, 0) is 25.3 Å². The molecule has 2 heterocycles. The van der Waals surface area contributed by atoms with Crippen LogP contribution in [0.25, 0.3) is 0 Å². The van der Waals surface area contributed by atoms with Gasteiger partial charge in [0, 0.05) is 37.6 Å². The molecule has 1 aliphatic heterocycles. The molecule has 4 heteroatoms. The number of nitrogens with one attached hydrogen (secondary N) is 1. The predicted molar refractivity (Wildman–Crippen MR) is 58.7 cm³/mol. The van der Waals surface area contributed by atoms with Crippen molar-refractivity contribution >= 4 is 5.95 Å². The normalized spacial score (nSPS) is 26.8. The monoisotopic (exact) mass is 204 g/mol. The molecular weight excluding hydrogens is 188 g/mol. The van der Waals surface area contributed by atoms with Gasteiger partial charge >= 0.3 is 0 Å². The van der Waals surface area contributed by atoms with Crippen molar-refractivity contribution in [2.24, 2.45) is 0 Å². The molecule has 1 saturated carbocycles. The number of likely N-dealkylation sites (tertiary alicyclic amines) is 1. The summed E-state index contributed by atoms with van der Waals surface area (Å²) in [5.74, 6) is 0.764. The molecule has 1 unspecified atom stereocenters. The molecule has 0 amide bonds. The third-order valence-electron chi connectivity index (χ3n) is 3.18. The standard InChI is InChI=1S/C11H16N4/c1-5-12-11(13-6-1)14-9-4-7-15(8-9)10-2-3-10/h1,5-6,9-10H,2-4,7-8H2,(H,12,13,14). The third-order valence-corrected chi connectivity index (χ3v) is 3.18. The van der Waals surface area contributed by atoms with Crippen molar-refractivity contribution in [2.75, 3.05) is 18.4 Å². The Balaban J connectivity index is 1.56. The average molecular weight is 204 g/mol. The van der Waals surface area contributed by atoms with Crippen LogP contribution in [-0.4, -0.2) is 40.0 Å². The second kappa shape index (κ2) is 3.77. The SMILES string of the molecule is c1cnc(NC2CCN(C3CC3)C2)nc1. The Morgan fingerprint density at radius 3 is 2.73 bits per heavy atom. The van der Waals surface area contributed by atoms with Gasteiger partial charge in [-0.15, -0.1) is 0 Å². The van der Waals surface area contributed by atoms with Crippen LogP contribution in [0.5, 0.6) is 0 Å². The second-order valence-electron chi connectivity index (χ2n) is 4.43. The van der Waals surface area contributed by atoms with Crippen molar-refractivity contribution in [3.63, 3.8) is 0 Å². The van der Waals surface area contributed by atoms with Crippen LogP contribution >= 0.6 is 0 Å². The van der Waals surface area contributed by atoms with E-state index in [0.29, 0.717) is 6.04 Å². The molecule has 1 aromatic rings. The first kappa shape index (κ1) is 9.09. The fourth-order valence-electron chi connectivity index (χ4n) is 2.23. The van der Waals surface area contributed by atoms with Gasteiger partial charge in [-0.3, -0.25) is 4.90 Å². The van der Waals surface area contributed by atoms with E-state index in [4.69, 9.17) is 0 Å². The zero-order valence-electron chi connectivity index (χ0n) is 8.76. The van der Waals surface area contributed by atoms with Crippen molar-refractivity contribution < 1.29 is 0 Å². The van der Waals surface area contributed by atoms with Gasteiger partial charge in [-0.25, -0.2) is 9.97 Å². The van der Waals surface area contributed by atoms with Crippen molar-refractivity contribution in [1.82, 2.24) is 14.9 Å². The molecule has 1 atom stereocenters. The molecule has 15 heavy (non-hydrogen) atoms. The van der Waals surface area contributed by atoms with Crippen molar-refractivity contribution in [2.45, 2.75) is 31.3 Å². The molecule has 0 radical (unpaired) electrons. The van der Waals surface area contributed by atoms with E-state index in [-0.39, 0.29) is 0 Å². The van der Waals surface area contributed by atoms with Crippen LogP contribution in [0.1, 0.15) is 19.3 Å². The molecule has 1 saturated heterocycles. The van der Waals surface area contributed by atoms with E-state index in [1.807, 2.05) is 6.07 Å². The van der Waals surface area contributed by atoms with Crippen LogP contribution in [-0.2, 0) is 0 Å². The van der Waals surface area contributed by atoms with Gasteiger partial charge in [-0.2, -0.15) is 0 Å². The second-order valence-corrected chi connectivity index (χ2v) is 4.43. The smallest absolute Gasteiger partial charge is 0.222 e. The zero-order valence-corrected chi connectivity index (χ0v) is 8.76. The first-order valence-corrected chi connectivity index (χ1v) is 5.69. The van der Waals surface area contributed by atoms with E-state index in [1.54, 1.807) is 12.4 Å². The fourth-order valence-corrected chi connectivity index (χ4v) is 2.23. The minimum atomic E-state index is 0.535. The molecule has 80 valence electrons. The number of aromatic nitrogens is 2. The fraction of sp³-hybridized carbons (Fsp3) is 0.636. The quantitative estimate of drug-likeness (QED) is 0.801. The van der Waals surface area contributed by atoms with Gasteiger partial charge in [0.25, 0.3) is 0 Å². The Morgan fingerprint density at radius 2 is 2.00 bits per heavy atom. The molecule has 0 aromatic carbocycles. The van der Waals surface area contributed by atoms with Crippen molar-refractivity contribution in [3.8, 4) is 0 Å². The van der Waals surface area contributed by atoms with Crippen LogP contribution in [0.4, 0.5) is 5.95 Å². The number of nitrogens with zero attached hydrogens (tertiary/aromatic N) is 3. The Kier molecular flexibility index (Phi) is 2.29. The number of hydrogen-bond donors (Lipinski definition) is 1. The summed E-state index contributed by atoms with van der Waals surface area (Å²) < 4.78 is 0. The van der Waals surface area contributed by atoms with Gasteiger partial charge in [-0.1, -0.05) is 0 Å². The van der Waals surface area contributed by atoms with Gasteiger partial charge in [0.2, 0.25) is 5.95 Å². The third kappa shape index (κ3) is 2.09. The lowest BCUT2D eigenvalue weighted by Crippen LogP contribution is -2.28. The highest BCUT2D eigenvalue weighted by atomic mass is 15.2. The van der Waals surface area contributed by atoms with Gasteiger partial charge < -0.3 is 5.32 Å². The summed E-state index contributed by atoms with van der Waals surface area (Å²) in [6.45, 7) is 2.39. The molecule has 1 aliphatic carbocycles. The molecule has 0 bridgehead atoms. The largest absolute Gasteiger partial charge is 0.350 e. The van der Waals surface area contributed by atoms with Crippen LogP contribution in [0.2, 0.25) is 0 Å². The molecule has 1 N–H and O–H groups in total. The van der Waals surface area contributed by atoms with Gasteiger partial charge in [0.1, 0.15) is 0 Å². The molecule has 1 aromatic heterocycles. The molecule has 0 spiro atoms. The molecule has 2 fully saturated rings. The Hall–Kier alpha value is -1.16. The predicted octanol–water partition coefficient (Wildman–Crippen LogP) is 1.13. The summed E-state index contributed by atoms with van der Waals surface area (Å²) in [6, 6.07) is 3.26. The van der Waals surface area contributed by atoms with Crippen LogP contribution < -0.4 is 5.32 Å². The topological polar surface area (TPSA) is 41.1 Å². The van der Waals surface area contributed by atoms with Crippen LogP contribution in [0.15, 0.2) is 18.5 Å². The Morgan fingerprint density at radius 1 is 1.20 bits per heavy atom. The van der Waals surface area contributed by atoms with E-state index in [0.717, 1.165) is 18.5 Å². The summed E-state index contributed by atoms with van der Waals surface area (Å²) in [5.41, 5.74) is 0. The maximum atomic E-state index is 4.19. The lowest BCUT2D eigenvalue weighted by atomic mass is 10.3. The first-order valence-electron chi connectivity index (χ1n) is 5.69. The van der Waals surface area contributed by atoms with Gasteiger partial charge in [0.15, 0.2) is 0 Å². The van der Waals surface area contributed by atoms with E-state index in [1.165, 1.54) is 25.8 Å². The average Bonchev–Trinajstić information content (AvgIpc) is 3.02. The molecule has 2 aliphatic rings. The first-order chi connectivity index (χ1) is 7.42. The van der Waals surface area contributed by atoms with Crippen molar-refractivity contribution in [1.29, 1.82) is 0 Å². The maximum absolute atomic E-state index is 4.19. The lowest BCUT2D eigenvalue weighted by Gasteiger charge is -2.15. The van der Waals surface area contributed by atoms with Crippen molar-refractivity contribution in [3.05, 3.63) is 18.5 Å². The summed E-state index contributed by atoms with van der Waals surface area (Å²) in [4.78, 5) is 11.0. The van der Waals surface area contributed by atoms with Gasteiger partial charge in [0.05, 0.1) is 0 Å². The highest BCUT2D eigenvalue weighted by Gasteiger charge is 2.34. The minimum Gasteiger partial charge on any atom is -0.350 e. The Bertz CT molecular complexity index is 323. The van der Waals surface area contributed by atoms with Crippen LogP contribution in [0.3, 0.4) is 0 Å². The summed E-state index contributed by atoms with van der Waals surface area (Å²) in [6.07, 6.45) is 7.57. The highest BCUT2D eigenvalue weighted by Crippen LogP contribution is 2.30. The van der Waals surface area contributed by atoms with E-state index >= 15 is 0 Å². The number of rotatable bonds is 3. The summed E-state index contributed by atoms with van der Waals surface area (Å²) >= 11 is 0. The summed E-state index contributed by atoms with van der Waals surface area (Å²) in [7, 11) is 0. The Labute approximate surface area is 89.7 Å². The van der Waals surface area contributed by atoms with E-state index in [2.05, 4.69) is 20.2 Å². The highest BCUT2D eigenvalue weighted by molar-refractivity contribution is 5.25. The maximum Gasteiger partial charge on any atom is 0.222 e. The molecule has 4 nitrogen and oxygen atoms in total. The number of anilines is 1. The summed E-state index contributed by atoms with van der Waals surface area (Å²) in [5, 5.41) is 3.39. The molecule has 3 rings (SSSR count).